The summed E-state index contributed by atoms with van der Waals surface area (Å²) >= 11 is 0. The summed E-state index contributed by atoms with van der Waals surface area (Å²) in [7, 11) is 0. The second-order valence-corrected chi connectivity index (χ2v) is 5.24. The van der Waals surface area contributed by atoms with Gasteiger partial charge in [0.05, 0.1) is 6.10 Å². The first-order valence-electron chi connectivity index (χ1n) is 6.50. The molecule has 2 aliphatic rings. The Morgan fingerprint density at radius 1 is 1.39 bits per heavy atom. The number of rotatable bonds is 2. The van der Waals surface area contributed by atoms with Crippen LogP contribution >= 0.6 is 0 Å². The maximum atomic E-state index is 10.00. The molecule has 96 valence electrons. The number of phenolic OH excluding ortho intramolecular Hbond substituents is 1. The molecule has 18 heavy (non-hydrogen) atoms. The van der Waals surface area contributed by atoms with Crippen molar-refractivity contribution in [3.05, 3.63) is 35.9 Å². The van der Waals surface area contributed by atoms with Crippen molar-refractivity contribution in [2.45, 2.75) is 43.8 Å². The average molecular weight is 246 g/mol. The maximum absolute atomic E-state index is 10.00. The molecule has 1 heterocycles. The number of aliphatic hydroxyl groups excluding tert-OH is 1. The number of ether oxygens (including phenoxy) is 1. The van der Waals surface area contributed by atoms with E-state index in [-0.39, 0.29) is 12.2 Å². The Balaban J connectivity index is 1.95. The smallest absolute Gasteiger partial charge is 0.123 e. The Bertz CT molecular complexity index is 481. The third-order valence-corrected chi connectivity index (χ3v) is 4.02. The zero-order valence-electron chi connectivity index (χ0n) is 10.3. The molecule has 3 rings (SSSR count). The highest BCUT2D eigenvalue weighted by Gasteiger charge is 2.39. The molecule has 1 saturated carbocycles. The number of aromatic hydroxyl groups is 1. The summed E-state index contributed by atoms with van der Waals surface area (Å²) < 4.78 is 5.92. The summed E-state index contributed by atoms with van der Waals surface area (Å²) in [5, 5.41) is 19.7. The van der Waals surface area contributed by atoms with Crippen molar-refractivity contribution in [3.63, 3.8) is 0 Å². The fourth-order valence-corrected chi connectivity index (χ4v) is 3.09. The molecule has 1 aromatic rings. The van der Waals surface area contributed by atoms with E-state index in [1.807, 2.05) is 12.1 Å². The van der Waals surface area contributed by atoms with E-state index < -0.39 is 0 Å². The molecule has 0 bridgehead atoms. The molecule has 0 amide bonds. The third-order valence-electron chi connectivity index (χ3n) is 4.02. The minimum Gasteiger partial charge on any atom is -0.508 e. The van der Waals surface area contributed by atoms with Crippen LogP contribution < -0.4 is 4.74 Å². The zero-order chi connectivity index (χ0) is 12.7. The number of hydrogen-bond acceptors (Lipinski definition) is 3. The van der Waals surface area contributed by atoms with Gasteiger partial charge in [0.15, 0.2) is 0 Å². The highest BCUT2D eigenvalue weighted by Crippen LogP contribution is 2.47. The molecule has 3 heteroatoms. The van der Waals surface area contributed by atoms with Gasteiger partial charge in [-0.3, -0.25) is 0 Å². The Morgan fingerprint density at radius 3 is 3.00 bits per heavy atom. The van der Waals surface area contributed by atoms with Crippen LogP contribution in [0.3, 0.4) is 0 Å². The number of fused-ring (bicyclic) bond motifs is 3. The maximum Gasteiger partial charge on any atom is 0.123 e. The predicted octanol–water partition coefficient (Wildman–Crippen LogP) is 2.51. The summed E-state index contributed by atoms with van der Waals surface area (Å²) in [5.41, 5.74) is 1.94. The normalized spacial score (nSPS) is 29.3. The third kappa shape index (κ3) is 1.79. The molecule has 1 aromatic carbocycles. The van der Waals surface area contributed by atoms with Gasteiger partial charge in [-0.15, -0.1) is 6.58 Å². The van der Waals surface area contributed by atoms with Crippen LogP contribution in [0.5, 0.6) is 11.5 Å². The standard InChI is InChI=1S/C15H18O3/c1-2-3-9-6-14-12(8-13(9)17)11-5-4-10(16)7-15(11)18-14/h2,6,8,10-11,15-17H,1,3-5,7H2/t10-,11-,15-/m0/s1. The molecule has 0 radical (unpaired) electrons. The van der Waals surface area contributed by atoms with Crippen molar-refractivity contribution in [1.29, 1.82) is 0 Å². The SMILES string of the molecule is C=CCc1cc2c(cc1O)[C@@H]1CC[C@H](O)C[C@@H]1O2. The van der Waals surface area contributed by atoms with Crippen molar-refractivity contribution in [1.82, 2.24) is 0 Å². The van der Waals surface area contributed by atoms with E-state index in [1.54, 1.807) is 6.08 Å². The highest BCUT2D eigenvalue weighted by atomic mass is 16.5. The first kappa shape index (κ1) is 11.6. The Hall–Kier alpha value is -1.48. The van der Waals surface area contributed by atoms with Crippen LogP contribution in [0.25, 0.3) is 0 Å². The molecule has 1 aliphatic carbocycles. The lowest BCUT2D eigenvalue weighted by Gasteiger charge is -2.27. The van der Waals surface area contributed by atoms with Gasteiger partial charge in [0.1, 0.15) is 17.6 Å². The van der Waals surface area contributed by atoms with E-state index in [9.17, 15) is 10.2 Å². The van der Waals surface area contributed by atoms with Crippen molar-refractivity contribution in [2.75, 3.05) is 0 Å². The number of phenols is 1. The van der Waals surface area contributed by atoms with Crippen LogP contribution in [0, 0.1) is 0 Å². The topological polar surface area (TPSA) is 49.7 Å². The summed E-state index contributed by atoms with van der Waals surface area (Å²) in [4.78, 5) is 0. The molecular weight excluding hydrogens is 228 g/mol. The van der Waals surface area contributed by atoms with Crippen LogP contribution in [-0.2, 0) is 6.42 Å². The van der Waals surface area contributed by atoms with E-state index in [4.69, 9.17) is 4.74 Å². The predicted molar refractivity (Wildman–Crippen MR) is 69.0 cm³/mol. The van der Waals surface area contributed by atoms with Crippen LogP contribution in [0.15, 0.2) is 24.8 Å². The highest BCUT2D eigenvalue weighted by molar-refractivity contribution is 5.51. The molecule has 3 atom stereocenters. The van der Waals surface area contributed by atoms with Crippen LogP contribution in [0.4, 0.5) is 0 Å². The summed E-state index contributed by atoms with van der Waals surface area (Å²) in [6.45, 7) is 3.69. The molecule has 1 fully saturated rings. The van der Waals surface area contributed by atoms with Gasteiger partial charge < -0.3 is 14.9 Å². The van der Waals surface area contributed by atoms with Crippen molar-refractivity contribution < 1.29 is 14.9 Å². The largest absolute Gasteiger partial charge is 0.508 e. The van der Waals surface area contributed by atoms with Crippen LogP contribution in [0.1, 0.15) is 36.3 Å². The lowest BCUT2D eigenvalue weighted by atomic mass is 9.81. The van der Waals surface area contributed by atoms with Crippen molar-refractivity contribution >= 4 is 0 Å². The second-order valence-electron chi connectivity index (χ2n) is 5.24. The Labute approximate surface area is 107 Å². The minimum absolute atomic E-state index is 0.0714. The van der Waals surface area contributed by atoms with Gasteiger partial charge in [0.2, 0.25) is 0 Å². The van der Waals surface area contributed by atoms with E-state index in [0.29, 0.717) is 24.5 Å². The molecule has 0 saturated heterocycles. The van der Waals surface area contributed by atoms with Crippen LogP contribution in [0.2, 0.25) is 0 Å². The van der Waals surface area contributed by atoms with Gasteiger partial charge in [0, 0.05) is 23.5 Å². The summed E-state index contributed by atoms with van der Waals surface area (Å²) in [6, 6.07) is 3.74. The Kier molecular flexibility index (Phi) is 2.78. The number of aliphatic hydroxyl groups is 1. The van der Waals surface area contributed by atoms with E-state index in [2.05, 4.69) is 6.58 Å². The van der Waals surface area contributed by atoms with E-state index >= 15 is 0 Å². The number of hydrogen-bond donors (Lipinski definition) is 2. The lowest BCUT2D eigenvalue weighted by Crippen LogP contribution is -2.30. The monoisotopic (exact) mass is 246 g/mol. The fourth-order valence-electron chi connectivity index (χ4n) is 3.09. The minimum atomic E-state index is -0.248. The van der Waals surface area contributed by atoms with Crippen molar-refractivity contribution in [2.24, 2.45) is 0 Å². The molecule has 2 N–H and O–H groups in total. The van der Waals surface area contributed by atoms with E-state index in [1.165, 1.54) is 0 Å². The molecule has 3 nitrogen and oxygen atoms in total. The van der Waals surface area contributed by atoms with E-state index in [0.717, 1.165) is 29.7 Å². The van der Waals surface area contributed by atoms with Gasteiger partial charge in [-0.05, 0) is 31.4 Å². The van der Waals surface area contributed by atoms with Crippen molar-refractivity contribution in [3.8, 4) is 11.5 Å². The fraction of sp³-hybridized carbons (Fsp3) is 0.467. The average Bonchev–Trinajstić information content (AvgIpc) is 2.66. The van der Waals surface area contributed by atoms with Gasteiger partial charge in [0.25, 0.3) is 0 Å². The van der Waals surface area contributed by atoms with Gasteiger partial charge >= 0.3 is 0 Å². The second kappa shape index (κ2) is 4.32. The first-order chi connectivity index (χ1) is 8.69. The van der Waals surface area contributed by atoms with Crippen LogP contribution in [-0.4, -0.2) is 22.4 Å². The number of benzene rings is 1. The molecule has 1 aliphatic heterocycles. The quantitative estimate of drug-likeness (QED) is 0.788. The van der Waals surface area contributed by atoms with Gasteiger partial charge in [-0.25, -0.2) is 0 Å². The van der Waals surface area contributed by atoms with Gasteiger partial charge in [-0.2, -0.15) is 0 Å². The summed E-state index contributed by atoms with van der Waals surface area (Å²) in [6.07, 6.45) is 4.67. The molecule has 0 spiro atoms. The number of allylic oxidation sites excluding steroid dienone is 1. The molecular formula is C15H18O3. The summed E-state index contributed by atoms with van der Waals surface area (Å²) in [5.74, 6) is 1.52. The first-order valence-corrected chi connectivity index (χ1v) is 6.50. The lowest BCUT2D eigenvalue weighted by molar-refractivity contribution is 0.0551. The molecule has 0 unspecified atom stereocenters. The molecule has 0 aromatic heterocycles. The zero-order valence-corrected chi connectivity index (χ0v) is 10.3. The Morgan fingerprint density at radius 2 is 2.22 bits per heavy atom. The van der Waals surface area contributed by atoms with Gasteiger partial charge in [-0.1, -0.05) is 6.08 Å².